The van der Waals surface area contributed by atoms with Crippen molar-refractivity contribution in [2.45, 2.75) is 31.1 Å². The van der Waals surface area contributed by atoms with E-state index in [1.807, 2.05) is 11.8 Å². The van der Waals surface area contributed by atoms with Gasteiger partial charge in [-0.1, -0.05) is 5.21 Å². The highest BCUT2D eigenvalue weighted by Gasteiger charge is 2.29. The molecule has 1 atom stereocenters. The molecular formula is C11H16N4O3S. The van der Waals surface area contributed by atoms with Crippen molar-refractivity contribution in [2.24, 2.45) is 0 Å². The summed E-state index contributed by atoms with van der Waals surface area (Å²) in [7, 11) is 0. The molecule has 1 saturated heterocycles. The monoisotopic (exact) mass is 284 g/mol. The van der Waals surface area contributed by atoms with E-state index in [1.54, 1.807) is 0 Å². The molecule has 1 aromatic rings. The Hall–Kier alpha value is -1.57. The fourth-order valence-corrected chi connectivity index (χ4v) is 3.18. The fourth-order valence-electron chi connectivity index (χ4n) is 1.94. The maximum absolute atomic E-state index is 11.7. The summed E-state index contributed by atoms with van der Waals surface area (Å²) < 4.78 is 1.34. The summed E-state index contributed by atoms with van der Waals surface area (Å²) in [5.41, 5.74) is -0.161. The van der Waals surface area contributed by atoms with Gasteiger partial charge < -0.3 is 10.4 Å². The van der Waals surface area contributed by atoms with Crippen LogP contribution in [-0.4, -0.2) is 49.0 Å². The highest BCUT2D eigenvalue weighted by atomic mass is 32.2. The Morgan fingerprint density at radius 1 is 1.63 bits per heavy atom. The molecule has 8 heteroatoms. The molecule has 1 amide bonds. The number of rotatable bonds is 5. The summed E-state index contributed by atoms with van der Waals surface area (Å²) in [4.78, 5) is 22.4. The van der Waals surface area contributed by atoms with Gasteiger partial charge >= 0.3 is 5.97 Å². The minimum absolute atomic E-state index is 0.0129. The van der Waals surface area contributed by atoms with E-state index < -0.39 is 5.97 Å². The Morgan fingerprint density at radius 2 is 2.42 bits per heavy atom. The fraction of sp³-hybridized carbons (Fsp3) is 0.636. The first kappa shape index (κ1) is 13.9. The number of thioether (sulfide) groups is 1. The minimum atomic E-state index is -1.15. The van der Waals surface area contributed by atoms with Crippen molar-refractivity contribution >= 4 is 23.6 Å². The molecule has 104 valence electrons. The first-order valence-electron chi connectivity index (χ1n) is 6.03. The Bertz CT molecular complexity index is 482. The van der Waals surface area contributed by atoms with Gasteiger partial charge in [-0.25, -0.2) is 9.48 Å². The lowest BCUT2D eigenvalue weighted by Crippen LogP contribution is -2.38. The van der Waals surface area contributed by atoms with E-state index in [9.17, 15) is 9.59 Å². The predicted molar refractivity (Wildman–Crippen MR) is 70.1 cm³/mol. The van der Waals surface area contributed by atoms with Crippen molar-refractivity contribution in [3.8, 4) is 0 Å². The topological polar surface area (TPSA) is 97.1 Å². The van der Waals surface area contributed by atoms with Crippen LogP contribution < -0.4 is 5.32 Å². The lowest BCUT2D eigenvalue weighted by Gasteiger charge is -2.22. The Balaban J connectivity index is 1.82. The number of hydrogen-bond acceptors (Lipinski definition) is 5. The molecule has 0 saturated carbocycles. The molecule has 1 unspecified atom stereocenters. The second-order valence-corrected chi connectivity index (χ2v) is 6.47. The molecule has 2 rings (SSSR count). The van der Waals surface area contributed by atoms with Crippen molar-refractivity contribution in [3.63, 3.8) is 0 Å². The molecular weight excluding hydrogens is 268 g/mol. The van der Waals surface area contributed by atoms with Crippen LogP contribution in [0.25, 0.3) is 0 Å². The summed E-state index contributed by atoms with van der Waals surface area (Å²) in [5, 5.41) is 18.6. The van der Waals surface area contributed by atoms with Gasteiger partial charge in [-0.15, -0.1) is 5.10 Å². The van der Waals surface area contributed by atoms with Crippen molar-refractivity contribution in [1.29, 1.82) is 0 Å². The molecule has 19 heavy (non-hydrogen) atoms. The quantitative estimate of drug-likeness (QED) is 0.811. The molecule has 7 nitrogen and oxygen atoms in total. The Kier molecular flexibility index (Phi) is 4.08. The third-order valence-electron chi connectivity index (χ3n) is 3.02. The normalized spacial score (nSPS) is 22.4. The number of carboxylic acid groups (broad SMARTS) is 1. The smallest absolute Gasteiger partial charge is 0.358 e. The molecule has 1 aliphatic heterocycles. The Morgan fingerprint density at radius 3 is 3.00 bits per heavy atom. The van der Waals surface area contributed by atoms with E-state index >= 15 is 0 Å². The number of nitrogens with zero attached hydrogens (tertiary/aromatic N) is 3. The number of aromatic carboxylic acids is 1. The second kappa shape index (κ2) is 5.60. The van der Waals surface area contributed by atoms with Crippen LogP contribution in [0.2, 0.25) is 0 Å². The van der Waals surface area contributed by atoms with Crippen LogP contribution in [0, 0.1) is 0 Å². The highest BCUT2D eigenvalue weighted by molar-refractivity contribution is 8.00. The first-order chi connectivity index (χ1) is 8.98. The number of amides is 1. The molecule has 2 heterocycles. The van der Waals surface area contributed by atoms with Crippen molar-refractivity contribution in [2.75, 3.05) is 12.3 Å². The molecule has 0 spiro atoms. The third kappa shape index (κ3) is 3.69. The summed E-state index contributed by atoms with van der Waals surface area (Å²) in [6.45, 7) is 2.75. The number of aromatic nitrogens is 3. The predicted octanol–water partition coefficient (Wildman–Crippen LogP) is 0.378. The Labute approximate surface area is 114 Å². The van der Waals surface area contributed by atoms with E-state index in [1.165, 1.54) is 17.3 Å². The van der Waals surface area contributed by atoms with Gasteiger partial charge in [0.2, 0.25) is 5.91 Å². The number of carboxylic acids is 1. The van der Waals surface area contributed by atoms with E-state index in [4.69, 9.17) is 5.11 Å². The van der Waals surface area contributed by atoms with Gasteiger partial charge in [-0.05, 0) is 25.5 Å². The summed E-state index contributed by atoms with van der Waals surface area (Å²) in [6, 6.07) is 0. The van der Waals surface area contributed by atoms with Gasteiger partial charge in [0.25, 0.3) is 0 Å². The second-order valence-electron chi connectivity index (χ2n) is 4.79. The first-order valence-corrected chi connectivity index (χ1v) is 7.01. The van der Waals surface area contributed by atoms with Gasteiger partial charge in [0.1, 0.15) is 6.54 Å². The number of hydrogen-bond donors (Lipinski definition) is 2. The molecule has 0 aromatic carbocycles. The van der Waals surface area contributed by atoms with Crippen LogP contribution in [0.4, 0.5) is 0 Å². The van der Waals surface area contributed by atoms with Crippen LogP contribution in [0.5, 0.6) is 0 Å². The van der Waals surface area contributed by atoms with Crippen LogP contribution in [0.15, 0.2) is 6.20 Å². The highest BCUT2D eigenvalue weighted by Crippen LogP contribution is 2.36. The maximum Gasteiger partial charge on any atom is 0.358 e. The molecule has 0 bridgehead atoms. The van der Waals surface area contributed by atoms with Crippen LogP contribution in [0.3, 0.4) is 0 Å². The number of carbonyl (C=O) groups excluding carboxylic acids is 1. The van der Waals surface area contributed by atoms with Gasteiger partial charge in [-0.3, -0.25) is 4.79 Å². The van der Waals surface area contributed by atoms with E-state index in [0.29, 0.717) is 6.54 Å². The summed E-state index contributed by atoms with van der Waals surface area (Å²) in [5.74, 6) is -0.200. The van der Waals surface area contributed by atoms with E-state index in [-0.39, 0.29) is 22.9 Å². The van der Waals surface area contributed by atoms with Crippen molar-refractivity contribution in [3.05, 3.63) is 11.9 Å². The molecule has 2 N–H and O–H groups in total. The van der Waals surface area contributed by atoms with Gasteiger partial charge in [0, 0.05) is 11.3 Å². The molecule has 0 radical (unpaired) electrons. The lowest BCUT2D eigenvalue weighted by atomic mass is 10.1. The lowest BCUT2D eigenvalue weighted by molar-refractivity contribution is -0.121. The molecule has 1 aliphatic rings. The zero-order valence-electron chi connectivity index (χ0n) is 10.6. The largest absolute Gasteiger partial charge is 0.476 e. The number of carbonyl (C=O) groups is 2. The zero-order chi connectivity index (χ0) is 13.9. The SMILES string of the molecule is CC1(CNC(=O)Cn2cc(C(=O)O)nn2)CCCS1. The summed E-state index contributed by atoms with van der Waals surface area (Å²) in [6.07, 6.45) is 3.53. The van der Waals surface area contributed by atoms with Gasteiger partial charge in [0.15, 0.2) is 5.69 Å². The summed E-state index contributed by atoms with van der Waals surface area (Å²) >= 11 is 1.87. The number of nitrogens with one attached hydrogen (secondary N) is 1. The molecule has 1 fully saturated rings. The maximum atomic E-state index is 11.7. The van der Waals surface area contributed by atoms with E-state index in [2.05, 4.69) is 22.6 Å². The third-order valence-corrected chi connectivity index (χ3v) is 4.56. The van der Waals surface area contributed by atoms with Crippen LogP contribution in [0.1, 0.15) is 30.3 Å². The standard InChI is InChI=1S/C11H16N4O3S/c1-11(3-2-4-19-11)7-12-9(16)6-15-5-8(10(17)18)13-14-15/h5H,2-4,6-7H2,1H3,(H,12,16)(H,17,18). The molecule has 0 aliphatic carbocycles. The van der Waals surface area contributed by atoms with Crippen molar-refractivity contribution in [1.82, 2.24) is 20.3 Å². The average molecular weight is 284 g/mol. The van der Waals surface area contributed by atoms with Crippen LogP contribution in [-0.2, 0) is 11.3 Å². The molecule has 1 aromatic heterocycles. The minimum Gasteiger partial charge on any atom is -0.476 e. The van der Waals surface area contributed by atoms with Gasteiger partial charge in [-0.2, -0.15) is 11.8 Å². The van der Waals surface area contributed by atoms with Crippen molar-refractivity contribution < 1.29 is 14.7 Å². The van der Waals surface area contributed by atoms with E-state index in [0.717, 1.165) is 12.2 Å². The van der Waals surface area contributed by atoms with Gasteiger partial charge in [0.05, 0.1) is 6.20 Å². The van der Waals surface area contributed by atoms with Crippen LogP contribution >= 0.6 is 11.8 Å². The zero-order valence-corrected chi connectivity index (χ0v) is 11.4. The average Bonchev–Trinajstić information content (AvgIpc) is 2.97.